The van der Waals surface area contributed by atoms with Crippen molar-refractivity contribution in [3.05, 3.63) is 24.3 Å². The van der Waals surface area contributed by atoms with Crippen LogP contribution < -0.4 is 0 Å². The number of ether oxygens (including phenoxy) is 1. The normalized spacial score (nSPS) is 11.1. The fraction of sp³-hybridized carbons (Fsp3) is 0.444. The van der Waals surface area contributed by atoms with Crippen molar-refractivity contribution in [2.24, 2.45) is 0 Å². The van der Waals surface area contributed by atoms with Crippen LogP contribution in [0.2, 0.25) is 0 Å². The van der Waals surface area contributed by atoms with Crippen molar-refractivity contribution < 1.29 is 9.53 Å². The number of allylic oxidation sites excluding steroid dienone is 3. The zero-order valence-corrected chi connectivity index (χ0v) is 7.04. The lowest BCUT2D eigenvalue weighted by Gasteiger charge is -1.89. The van der Waals surface area contributed by atoms with E-state index in [9.17, 15) is 4.79 Å². The number of methoxy groups -OCH3 is 1. The zero-order valence-electron chi connectivity index (χ0n) is 7.04. The molecule has 0 atom stereocenters. The van der Waals surface area contributed by atoms with Crippen LogP contribution in [0.3, 0.4) is 0 Å². The van der Waals surface area contributed by atoms with Crippen LogP contribution in [-0.2, 0) is 9.53 Å². The molecule has 0 aromatic rings. The average molecular weight is 154 g/mol. The molecule has 0 aliphatic rings. The lowest BCUT2D eigenvalue weighted by atomic mass is 10.3. The van der Waals surface area contributed by atoms with Crippen molar-refractivity contribution in [3.8, 4) is 0 Å². The van der Waals surface area contributed by atoms with Crippen molar-refractivity contribution >= 4 is 5.97 Å². The minimum atomic E-state index is -0.203. The summed E-state index contributed by atoms with van der Waals surface area (Å²) in [6.07, 6.45) is 8.93. The van der Waals surface area contributed by atoms with Crippen LogP contribution >= 0.6 is 0 Å². The molecule has 0 saturated heterocycles. The third-order valence-corrected chi connectivity index (χ3v) is 1.13. The number of rotatable bonds is 4. The van der Waals surface area contributed by atoms with Crippen LogP contribution in [0.5, 0.6) is 0 Å². The molecule has 0 N–H and O–H groups in total. The minimum Gasteiger partial charge on any atom is -0.469 e. The van der Waals surface area contributed by atoms with E-state index >= 15 is 0 Å². The summed E-state index contributed by atoms with van der Waals surface area (Å²) < 4.78 is 4.44. The van der Waals surface area contributed by atoms with E-state index in [2.05, 4.69) is 11.7 Å². The fourth-order valence-corrected chi connectivity index (χ4v) is 0.541. The van der Waals surface area contributed by atoms with Gasteiger partial charge in [-0.05, 0) is 6.42 Å². The first-order valence-electron chi connectivity index (χ1n) is 3.69. The van der Waals surface area contributed by atoms with Crippen LogP contribution in [0.25, 0.3) is 0 Å². The molecule has 0 aliphatic heterocycles. The average Bonchev–Trinajstić information content (AvgIpc) is 2.04. The van der Waals surface area contributed by atoms with Crippen molar-refractivity contribution in [2.75, 3.05) is 7.11 Å². The molecular formula is C9H14O2. The minimum absolute atomic E-state index is 0.203. The molecule has 2 nitrogen and oxygen atoms in total. The van der Waals surface area contributed by atoms with E-state index in [1.54, 1.807) is 6.08 Å². The number of esters is 1. The number of carbonyl (C=O) groups is 1. The van der Waals surface area contributed by atoms with Crippen LogP contribution in [-0.4, -0.2) is 13.1 Å². The second-order valence-electron chi connectivity index (χ2n) is 2.04. The zero-order chi connectivity index (χ0) is 8.53. The molecule has 2 heteroatoms. The van der Waals surface area contributed by atoms with Crippen molar-refractivity contribution in [2.45, 2.75) is 19.8 Å². The van der Waals surface area contributed by atoms with E-state index in [1.165, 1.54) is 7.11 Å². The first kappa shape index (κ1) is 9.95. The van der Waals surface area contributed by atoms with Crippen molar-refractivity contribution in [1.82, 2.24) is 0 Å². The molecule has 0 aromatic carbocycles. The van der Waals surface area contributed by atoms with Gasteiger partial charge < -0.3 is 4.74 Å². The van der Waals surface area contributed by atoms with Gasteiger partial charge in [-0.1, -0.05) is 31.2 Å². The Balaban J connectivity index is 3.44. The maximum absolute atomic E-state index is 10.5. The third kappa shape index (κ3) is 6.84. The van der Waals surface area contributed by atoms with Gasteiger partial charge in [-0.25, -0.2) is 0 Å². The SMILES string of the molecule is CC/C=C/C=C/CC(=O)OC. The van der Waals surface area contributed by atoms with Gasteiger partial charge in [0.1, 0.15) is 0 Å². The second kappa shape index (κ2) is 7.06. The Bertz CT molecular complexity index is 157. The summed E-state index contributed by atoms with van der Waals surface area (Å²) in [5, 5.41) is 0. The van der Waals surface area contributed by atoms with Gasteiger partial charge in [0.2, 0.25) is 0 Å². The van der Waals surface area contributed by atoms with Gasteiger partial charge in [-0.2, -0.15) is 0 Å². The van der Waals surface area contributed by atoms with E-state index in [4.69, 9.17) is 0 Å². The molecule has 62 valence electrons. The summed E-state index contributed by atoms with van der Waals surface area (Å²) >= 11 is 0. The summed E-state index contributed by atoms with van der Waals surface area (Å²) in [5.41, 5.74) is 0. The standard InChI is InChI=1S/C9H14O2/c1-3-4-5-6-7-8-9(10)11-2/h4-7H,3,8H2,1-2H3/b5-4+,7-6+. The lowest BCUT2D eigenvalue weighted by Crippen LogP contribution is -1.96. The first-order chi connectivity index (χ1) is 5.31. The molecule has 0 unspecified atom stereocenters. The highest BCUT2D eigenvalue weighted by Crippen LogP contribution is 1.88. The second-order valence-corrected chi connectivity index (χ2v) is 2.04. The molecule has 0 radical (unpaired) electrons. The Morgan fingerprint density at radius 2 is 2.00 bits per heavy atom. The highest BCUT2D eigenvalue weighted by molar-refractivity contribution is 5.70. The molecule has 0 fully saturated rings. The lowest BCUT2D eigenvalue weighted by molar-refractivity contribution is -0.139. The summed E-state index contributed by atoms with van der Waals surface area (Å²) in [6.45, 7) is 2.06. The van der Waals surface area contributed by atoms with Crippen LogP contribution in [0.1, 0.15) is 19.8 Å². The van der Waals surface area contributed by atoms with Gasteiger partial charge in [-0.15, -0.1) is 0 Å². The Morgan fingerprint density at radius 3 is 2.55 bits per heavy atom. The summed E-state index contributed by atoms with van der Waals surface area (Å²) in [5.74, 6) is -0.203. The number of hydrogen-bond donors (Lipinski definition) is 0. The highest BCUT2D eigenvalue weighted by atomic mass is 16.5. The Labute approximate surface area is 67.6 Å². The fourth-order valence-electron chi connectivity index (χ4n) is 0.541. The Morgan fingerprint density at radius 1 is 1.36 bits per heavy atom. The van der Waals surface area contributed by atoms with Gasteiger partial charge in [0.05, 0.1) is 13.5 Å². The van der Waals surface area contributed by atoms with E-state index in [1.807, 2.05) is 18.2 Å². The molecule has 11 heavy (non-hydrogen) atoms. The maximum atomic E-state index is 10.5. The Kier molecular flexibility index (Phi) is 6.39. The summed E-state index contributed by atoms with van der Waals surface area (Å²) in [6, 6.07) is 0. The molecule has 0 bridgehead atoms. The quantitative estimate of drug-likeness (QED) is 0.457. The highest BCUT2D eigenvalue weighted by Gasteiger charge is 1.91. The molecule has 0 heterocycles. The van der Waals surface area contributed by atoms with E-state index in [-0.39, 0.29) is 5.97 Å². The molecule has 0 amide bonds. The largest absolute Gasteiger partial charge is 0.469 e. The smallest absolute Gasteiger partial charge is 0.309 e. The van der Waals surface area contributed by atoms with Crippen LogP contribution in [0.15, 0.2) is 24.3 Å². The predicted octanol–water partition coefficient (Wildman–Crippen LogP) is 2.07. The van der Waals surface area contributed by atoms with Gasteiger partial charge in [0.25, 0.3) is 0 Å². The van der Waals surface area contributed by atoms with E-state index in [0.717, 1.165) is 6.42 Å². The van der Waals surface area contributed by atoms with Crippen molar-refractivity contribution in [1.29, 1.82) is 0 Å². The van der Waals surface area contributed by atoms with E-state index < -0.39 is 0 Å². The summed E-state index contributed by atoms with van der Waals surface area (Å²) in [7, 11) is 1.39. The molecular weight excluding hydrogens is 140 g/mol. The van der Waals surface area contributed by atoms with Crippen LogP contribution in [0, 0.1) is 0 Å². The van der Waals surface area contributed by atoms with Crippen molar-refractivity contribution in [3.63, 3.8) is 0 Å². The topological polar surface area (TPSA) is 26.3 Å². The maximum Gasteiger partial charge on any atom is 0.309 e. The monoisotopic (exact) mass is 154 g/mol. The van der Waals surface area contributed by atoms with Crippen LogP contribution in [0.4, 0.5) is 0 Å². The number of hydrogen-bond acceptors (Lipinski definition) is 2. The number of carbonyl (C=O) groups excluding carboxylic acids is 1. The molecule has 0 aromatic heterocycles. The van der Waals surface area contributed by atoms with Gasteiger partial charge in [-0.3, -0.25) is 4.79 Å². The summed E-state index contributed by atoms with van der Waals surface area (Å²) in [4.78, 5) is 10.5. The van der Waals surface area contributed by atoms with E-state index in [0.29, 0.717) is 6.42 Å². The molecule has 0 aliphatic carbocycles. The van der Waals surface area contributed by atoms with Gasteiger partial charge >= 0.3 is 5.97 Å². The molecule has 0 rings (SSSR count). The molecule has 0 spiro atoms. The first-order valence-corrected chi connectivity index (χ1v) is 3.69. The third-order valence-electron chi connectivity index (χ3n) is 1.13. The molecule has 0 saturated carbocycles. The van der Waals surface area contributed by atoms with Gasteiger partial charge in [0.15, 0.2) is 0 Å². The van der Waals surface area contributed by atoms with Gasteiger partial charge in [0, 0.05) is 0 Å². The predicted molar refractivity (Wildman–Crippen MR) is 45.2 cm³/mol. The Hall–Kier alpha value is -1.05.